The molecule has 0 aliphatic rings. The number of hydrogen-bond donors (Lipinski definition) is 2. The summed E-state index contributed by atoms with van der Waals surface area (Å²) in [5.74, 6) is 0.824. The second-order valence-electron chi connectivity index (χ2n) is 4.12. The lowest BCUT2D eigenvalue weighted by Gasteiger charge is -2.09. The molecule has 0 aliphatic carbocycles. The molecule has 0 aliphatic heterocycles. The maximum atomic E-state index is 4.58. The van der Waals surface area contributed by atoms with E-state index in [1.807, 2.05) is 12.3 Å². The van der Waals surface area contributed by atoms with Gasteiger partial charge in [-0.3, -0.25) is 0 Å². The molecule has 21 heavy (non-hydrogen) atoms. The molecule has 2 rings (SSSR count). The van der Waals surface area contributed by atoms with Gasteiger partial charge >= 0.3 is 0 Å². The van der Waals surface area contributed by atoms with Crippen LogP contribution in [0.25, 0.3) is 0 Å². The fourth-order valence-corrected chi connectivity index (χ4v) is 3.71. The Hall–Kier alpha value is -0.190. The van der Waals surface area contributed by atoms with Crippen LogP contribution < -0.4 is 10.6 Å². The van der Waals surface area contributed by atoms with E-state index in [9.17, 15) is 0 Å². The van der Waals surface area contributed by atoms with E-state index in [1.165, 1.54) is 9.75 Å². The van der Waals surface area contributed by atoms with Crippen LogP contribution in [0.1, 0.15) is 21.7 Å². The first-order chi connectivity index (χ1) is 9.67. The van der Waals surface area contributed by atoms with E-state index in [-0.39, 0.29) is 24.0 Å². The van der Waals surface area contributed by atoms with Gasteiger partial charge in [0.25, 0.3) is 0 Å². The molecule has 0 saturated heterocycles. The second kappa shape index (κ2) is 9.75. The Labute approximate surface area is 158 Å². The van der Waals surface area contributed by atoms with Crippen LogP contribution in [0.3, 0.4) is 0 Å². The van der Waals surface area contributed by atoms with Crippen molar-refractivity contribution in [1.29, 1.82) is 0 Å². The summed E-state index contributed by atoms with van der Waals surface area (Å²) >= 11 is 6.88. The molecule has 0 radical (unpaired) electrons. The topological polar surface area (TPSA) is 49.3 Å². The van der Waals surface area contributed by atoms with Crippen molar-refractivity contribution in [2.45, 2.75) is 26.9 Å². The third-order valence-electron chi connectivity index (χ3n) is 2.44. The molecule has 0 spiro atoms. The van der Waals surface area contributed by atoms with Crippen LogP contribution >= 0.6 is 62.6 Å². The standard InChI is InChI=1S/C13H17BrN4S2.HI/c1-3-15-13(17-7-10-4-5-11(14)20-10)18-8-12-16-6-9(2)19-12;/h4-6H,3,7-8H2,1-2H3,(H2,15,17,18);1H. The van der Waals surface area contributed by atoms with E-state index in [2.05, 4.69) is 56.5 Å². The fraction of sp³-hybridized carbons (Fsp3) is 0.385. The van der Waals surface area contributed by atoms with Gasteiger partial charge in [0.15, 0.2) is 5.96 Å². The van der Waals surface area contributed by atoms with Crippen LogP contribution in [0.4, 0.5) is 0 Å². The third kappa shape index (κ3) is 6.62. The maximum absolute atomic E-state index is 4.58. The fourth-order valence-electron chi connectivity index (χ4n) is 1.58. The zero-order valence-corrected chi connectivity index (χ0v) is 17.4. The van der Waals surface area contributed by atoms with Crippen LogP contribution in [0, 0.1) is 6.92 Å². The minimum absolute atomic E-state index is 0. The highest BCUT2D eigenvalue weighted by molar-refractivity contribution is 14.0. The highest BCUT2D eigenvalue weighted by Crippen LogP contribution is 2.22. The Morgan fingerprint density at radius 1 is 1.33 bits per heavy atom. The van der Waals surface area contributed by atoms with Gasteiger partial charge in [-0.15, -0.1) is 46.7 Å². The number of aliphatic imine (C=N–C) groups is 1. The van der Waals surface area contributed by atoms with Crippen LogP contribution in [0.5, 0.6) is 0 Å². The summed E-state index contributed by atoms with van der Waals surface area (Å²) in [4.78, 5) is 11.4. The first-order valence-corrected chi connectivity index (χ1v) is 8.77. The SMILES string of the molecule is CCNC(=NCc1ccc(Br)s1)NCc1ncc(C)s1.I. The average Bonchev–Trinajstić information content (AvgIpc) is 3.02. The molecule has 0 bridgehead atoms. The molecule has 2 heterocycles. The first kappa shape index (κ1) is 18.9. The Morgan fingerprint density at radius 2 is 2.14 bits per heavy atom. The first-order valence-electron chi connectivity index (χ1n) is 6.35. The van der Waals surface area contributed by atoms with E-state index in [0.717, 1.165) is 21.3 Å². The van der Waals surface area contributed by atoms with Gasteiger partial charge in [0.2, 0.25) is 0 Å². The van der Waals surface area contributed by atoms with Gasteiger partial charge in [-0.1, -0.05) is 0 Å². The molecule has 4 nitrogen and oxygen atoms in total. The molecule has 2 aromatic heterocycles. The number of nitrogens with zero attached hydrogens (tertiary/aromatic N) is 2. The number of thiazole rings is 1. The van der Waals surface area contributed by atoms with Crippen molar-refractivity contribution in [3.8, 4) is 0 Å². The minimum atomic E-state index is 0. The number of thiophene rings is 1. The second-order valence-corrected chi connectivity index (χ2v) is 7.99. The molecule has 0 atom stereocenters. The Kier molecular flexibility index (Phi) is 8.76. The molecule has 116 valence electrons. The van der Waals surface area contributed by atoms with Crippen molar-refractivity contribution in [1.82, 2.24) is 15.6 Å². The summed E-state index contributed by atoms with van der Waals surface area (Å²) in [6.07, 6.45) is 1.90. The normalized spacial score (nSPS) is 11.1. The molecule has 0 unspecified atom stereocenters. The summed E-state index contributed by atoms with van der Waals surface area (Å²) < 4.78 is 1.14. The number of aryl methyl sites for hydroxylation is 1. The zero-order valence-electron chi connectivity index (χ0n) is 11.9. The predicted octanol–water partition coefficient (Wildman–Crippen LogP) is 4.15. The van der Waals surface area contributed by atoms with Crippen LogP contribution in [0.15, 0.2) is 27.1 Å². The monoisotopic (exact) mass is 500 g/mol. The van der Waals surface area contributed by atoms with Crippen molar-refractivity contribution < 1.29 is 0 Å². The zero-order chi connectivity index (χ0) is 14.4. The molecule has 2 N–H and O–H groups in total. The van der Waals surface area contributed by atoms with Crippen LogP contribution in [-0.2, 0) is 13.1 Å². The number of hydrogen-bond acceptors (Lipinski definition) is 4. The number of aromatic nitrogens is 1. The number of halogens is 2. The molecule has 0 amide bonds. The molecular formula is C13H18BrIN4S2. The van der Waals surface area contributed by atoms with E-state index in [0.29, 0.717) is 13.1 Å². The Bertz CT molecular complexity index is 582. The third-order valence-corrected chi connectivity index (χ3v) is 4.96. The van der Waals surface area contributed by atoms with Crippen molar-refractivity contribution in [2.75, 3.05) is 6.54 Å². The number of nitrogens with one attached hydrogen (secondary N) is 2. The average molecular weight is 501 g/mol. The van der Waals surface area contributed by atoms with E-state index >= 15 is 0 Å². The van der Waals surface area contributed by atoms with E-state index < -0.39 is 0 Å². The largest absolute Gasteiger partial charge is 0.357 e. The van der Waals surface area contributed by atoms with Gasteiger partial charge in [0, 0.05) is 22.5 Å². The van der Waals surface area contributed by atoms with Gasteiger partial charge in [-0.25, -0.2) is 9.98 Å². The van der Waals surface area contributed by atoms with Crippen molar-refractivity contribution >= 4 is 68.5 Å². The van der Waals surface area contributed by atoms with Crippen molar-refractivity contribution in [3.05, 3.63) is 36.9 Å². The lowest BCUT2D eigenvalue weighted by molar-refractivity contribution is 0.813. The van der Waals surface area contributed by atoms with Crippen molar-refractivity contribution in [2.24, 2.45) is 4.99 Å². The Morgan fingerprint density at radius 3 is 2.71 bits per heavy atom. The molecule has 2 aromatic rings. The smallest absolute Gasteiger partial charge is 0.191 e. The molecule has 8 heteroatoms. The minimum Gasteiger partial charge on any atom is -0.357 e. The van der Waals surface area contributed by atoms with Crippen LogP contribution in [-0.4, -0.2) is 17.5 Å². The van der Waals surface area contributed by atoms with Gasteiger partial charge in [0.1, 0.15) is 5.01 Å². The maximum Gasteiger partial charge on any atom is 0.191 e. The highest BCUT2D eigenvalue weighted by Gasteiger charge is 2.02. The number of rotatable bonds is 5. The van der Waals surface area contributed by atoms with Crippen molar-refractivity contribution in [3.63, 3.8) is 0 Å². The summed E-state index contributed by atoms with van der Waals surface area (Å²) in [6.45, 7) is 6.36. The molecular weight excluding hydrogens is 483 g/mol. The molecule has 0 aromatic carbocycles. The summed E-state index contributed by atoms with van der Waals surface area (Å²) in [7, 11) is 0. The quantitative estimate of drug-likeness (QED) is 0.368. The van der Waals surface area contributed by atoms with E-state index in [4.69, 9.17) is 0 Å². The van der Waals surface area contributed by atoms with Gasteiger partial charge < -0.3 is 10.6 Å². The summed E-state index contributed by atoms with van der Waals surface area (Å²) in [5, 5.41) is 7.63. The molecule has 0 fully saturated rings. The predicted molar refractivity (Wildman–Crippen MR) is 106 cm³/mol. The highest BCUT2D eigenvalue weighted by atomic mass is 127. The number of guanidine groups is 1. The van der Waals surface area contributed by atoms with Gasteiger partial charge in [0.05, 0.1) is 16.9 Å². The lowest BCUT2D eigenvalue weighted by atomic mass is 10.5. The lowest BCUT2D eigenvalue weighted by Crippen LogP contribution is -2.36. The van der Waals surface area contributed by atoms with E-state index in [1.54, 1.807) is 22.7 Å². The Balaban J connectivity index is 0.00000220. The van der Waals surface area contributed by atoms with Crippen LogP contribution in [0.2, 0.25) is 0 Å². The van der Waals surface area contributed by atoms with Gasteiger partial charge in [-0.05, 0) is 41.9 Å². The summed E-state index contributed by atoms with van der Waals surface area (Å²) in [5.41, 5.74) is 0. The van der Waals surface area contributed by atoms with Gasteiger partial charge in [-0.2, -0.15) is 0 Å². The molecule has 0 saturated carbocycles. The summed E-state index contributed by atoms with van der Waals surface area (Å²) in [6, 6.07) is 4.14.